The Morgan fingerprint density at radius 2 is 1.13 bits per heavy atom. The zero-order valence-corrected chi connectivity index (χ0v) is 21.6. The standard InChI is InChI=1S/C27H55NO3/c1-5-6-7-8-9-10-11-12-13-14-15-16-17-20-23-27(2,31)25-28(3,4)24-21-18-19-22-26(29)30/h31H,5-25H2,1-4H3/p+1. The first kappa shape index (κ1) is 30.4. The molecule has 0 aromatic heterocycles. The number of nitrogens with zero attached hydrogens (tertiary/aromatic N) is 1. The largest absolute Gasteiger partial charge is 0.481 e. The molecule has 0 aliphatic rings. The highest BCUT2D eigenvalue weighted by Gasteiger charge is 2.29. The number of hydrogen-bond acceptors (Lipinski definition) is 2. The lowest BCUT2D eigenvalue weighted by atomic mass is 9.96. The van der Waals surface area contributed by atoms with E-state index in [1.54, 1.807) is 0 Å². The molecule has 0 heterocycles. The first-order valence-electron chi connectivity index (χ1n) is 13.4. The van der Waals surface area contributed by atoms with Crippen molar-refractivity contribution in [3.8, 4) is 0 Å². The third-order valence-corrected chi connectivity index (χ3v) is 6.49. The second-order valence-corrected chi connectivity index (χ2v) is 10.9. The molecule has 2 N–H and O–H groups in total. The highest BCUT2D eigenvalue weighted by atomic mass is 16.4. The molecule has 0 aliphatic heterocycles. The highest BCUT2D eigenvalue weighted by Crippen LogP contribution is 2.20. The molecule has 0 amide bonds. The Labute approximate surface area is 194 Å². The van der Waals surface area contributed by atoms with Crippen molar-refractivity contribution in [3.05, 3.63) is 0 Å². The molecule has 0 saturated heterocycles. The van der Waals surface area contributed by atoms with Crippen LogP contribution in [0.3, 0.4) is 0 Å². The number of aliphatic carboxylic acids is 1. The molecule has 0 saturated carbocycles. The van der Waals surface area contributed by atoms with Gasteiger partial charge in [-0.3, -0.25) is 4.79 Å². The van der Waals surface area contributed by atoms with Crippen molar-refractivity contribution in [1.29, 1.82) is 0 Å². The van der Waals surface area contributed by atoms with Crippen LogP contribution in [0.15, 0.2) is 0 Å². The van der Waals surface area contributed by atoms with E-state index in [2.05, 4.69) is 21.0 Å². The summed E-state index contributed by atoms with van der Waals surface area (Å²) in [6.45, 7) is 6.03. The Kier molecular flexibility index (Phi) is 18.5. The Hall–Kier alpha value is -0.610. The molecule has 0 spiro atoms. The van der Waals surface area contributed by atoms with Crippen molar-refractivity contribution in [2.24, 2.45) is 0 Å². The van der Waals surface area contributed by atoms with Gasteiger partial charge in [0, 0.05) is 6.42 Å². The predicted octanol–water partition coefficient (Wildman–Crippen LogP) is 7.33. The van der Waals surface area contributed by atoms with E-state index in [1.807, 2.05) is 6.92 Å². The Morgan fingerprint density at radius 3 is 1.58 bits per heavy atom. The molecule has 1 unspecified atom stereocenters. The SMILES string of the molecule is CCCCCCCCCCCCCCCCC(C)(O)C[N+](C)(C)CCCCCC(=O)O. The maximum atomic E-state index is 10.8. The van der Waals surface area contributed by atoms with Crippen LogP contribution in [-0.4, -0.2) is 53.5 Å². The molecule has 0 rings (SSSR count). The van der Waals surface area contributed by atoms with Gasteiger partial charge in [0.1, 0.15) is 12.1 Å². The van der Waals surface area contributed by atoms with Gasteiger partial charge < -0.3 is 14.7 Å². The molecule has 0 radical (unpaired) electrons. The third-order valence-electron chi connectivity index (χ3n) is 6.49. The fourth-order valence-corrected chi connectivity index (χ4v) is 4.77. The summed E-state index contributed by atoms with van der Waals surface area (Å²) in [4.78, 5) is 10.6. The van der Waals surface area contributed by atoms with Crippen molar-refractivity contribution < 1.29 is 19.5 Å². The fourth-order valence-electron chi connectivity index (χ4n) is 4.77. The second-order valence-electron chi connectivity index (χ2n) is 10.9. The summed E-state index contributed by atoms with van der Waals surface area (Å²) in [5.41, 5.74) is -0.609. The van der Waals surface area contributed by atoms with E-state index in [9.17, 15) is 9.90 Å². The fraction of sp³-hybridized carbons (Fsp3) is 0.963. The molecule has 31 heavy (non-hydrogen) atoms. The van der Waals surface area contributed by atoms with Gasteiger partial charge in [-0.2, -0.15) is 0 Å². The lowest BCUT2D eigenvalue weighted by Gasteiger charge is -2.36. The van der Waals surface area contributed by atoms with Crippen molar-refractivity contribution in [2.45, 2.75) is 141 Å². The van der Waals surface area contributed by atoms with E-state index < -0.39 is 11.6 Å². The number of carboxylic acid groups (broad SMARTS) is 1. The number of unbranched alkanes of at least 4 members (excludes halogenated alkanes) is 15. The zero-order chi connectivity index (χ0) is 23.4. The van der Waals surface area contributed by atoms with Gasteiger partial charge in [0.2, 0.25) is 0 Å². The van der Waals surface area contributed by atoms with Crippen LogP contribution in [0, 0.1) is 0 Å². The molecular weight excluding hydrogens is 386 g/mol. The number of aliphatic hydroxyl groups is 1. The van der Waals surface area contributed by atoms with Crippen molar-refractivity contribution in [3.63, 3.8) is 0 Å². The molecule has 1 atom stereocenters. The molecule has 0 fully saturated rings. The zero-order valence-electron chi connectivity index (χ0n) is 21.6. The number of hydrogen-bond donors (Lipinski definition) is 2. The van der Waals surface area contributed by atoms with Gasteiger partial charge >= 0.3 is 5.97 Å². The van der Waals surface area contributed by atoms with Crippen LogP contribution in [0.1, 0.15) is 136 Å². The number of rotatable bonds is 23. The quantitative estimate of drug-likeness (QED) is 0.129. The average molecular weight is 443 g/mol. The van der Waals surface area contributed by atoms with Gasteiger partial charge in [-0.25, -0.2) is 0 Å². The highest BCUT2D eigenvalue weighted by molar-refractivity contribution is 5.66. The molecule has 0 aromatic rings. The van der Waals surface area contributed by atoms with Crippen molar-refractivity contribution >= 4 is 5.97 Å². The van der Waals surface area contributed by atoms with E-state index in [-0.39, 0.29) is 6.42 Å². The van der Waals surface area contributed by atoms with Crippen LogP contribution in [0.25, 0.3) is 0 Å². The van der Waals surface area contributed by atoms with E-state index >= 15 is 0 Å². The van der Waals surface area contributed by atoms with E-state index in [0.29, 0.717) is 0 Å². The number of carbonyl (C=O) groups is 1. The number of likely N-dealkylation sites (N-methyl/N-ethyl adjacent to an activating group) is 1. The van der Waals surface area contributed by atoms with E-state index in [1.165, 1.54) is 83.5 Å². The van der Waals surface area contributed by atoms with Crippen LogP contribution in [0.2, 0.25) is 0 Å². The van der Waals surface area contributed by atoms with E-state index in [0.717, 1.165) is 49.7 Å². The molecule has 0 bridgehead atoms. The Bertz CT molecular complexity index is 421. The van der Waals surface area contributed by atoms with Gasteiger partial charge in [-0.1, -0.05) is 96.8 Å². The lowest BCUT2D eigenvalue weighted by Crippen LogP contribution is -2.50. The minimum Gasteiger partial charge on any atom is -0.481 e. The van der Waals surface area contributed by atoms with Gasteiger partial charge in [0.15, 0.2) is 0 Å². The maximum Gasteiger partial charge on any atom is 0.303 e. The van der Waals surface area contributed by atoms with Crippen LogP contribution in [0.5, 0.6) is 0 Å². The minimum atomic E-state index is -0.704. The first-order valence-corrected chi connectivity index (χ1v) is 13.4. The summed E-state index contributed by atoms with van der Waals surface area (Å²) in [5, 5.41) is 19.5. The molecule has 4 heteroatoms. The van der Waals surface area contributed by atoms with Crippen LogP contribution < -0.4 is 0 Å². The summed E-state index contributed by atoms with van der Waals surface area (Å²) < 4.78 is 0.804. The summed E-state index contributed by atoms with van der Waals surface area (Å²) >= 11 is 0. The van der Waals surface area contributed by atoms with Gasteiger partial charge in [0.25, 0.3) is 0 Å². The number of quaternary nitrogens is 1. The Balaban J connectivity index is 3.60. The molecule has 4 nitrogen and oxygen atoms in total. The van der Waals surface area contributed by atoms with Gasteiger partial charge in [-0.05, 0) is 32.6 Å². The summed E-state index contributed by atoms with van der Waals surface area (Å²) in [5.74, 6) is -0.704. The topological polar surface area (TPSA) is 57.5 Å². The van der Waals surface area contributed by atoms with Gasteiger partial charge in [0.05, 0.1) is 20.6 Å². The van der Waals surface area contributed by atoms with Crippen LogP contribution in [-0.2, 0) is 4.79 Å². The smallest absolute Gasteiger partial charge is 0.303 e. The van der Waals surface area contributed by atoms with Crippen LogP contribution in [0.4, 0.5) is 0 Å². The number of carboxylic acids is 1. The monoisotopic (exact) mass is 442 g/mol. The maximum absolute atomic E-state index is 10.8. The van der Waals surface area contributed by atoms with Crippen LogP contribution >= 0.6 is 0 Å². The summed E-state index contributed by atoms with van der Waals surface area (Å²) in [6.07, 6.45) is 22.9. The summed E-state index contributed by atoms with van der Waals surface area (Å²) in [6, 6.07) is 0. The van der Waals surface area contributed by atoms with E-state index in [4.69, 9.17) is 5.11 Å². The summed E-state index contributed by atoms with van der Waals surface area (Å²) in [7, 11) is 4.35. The second kappa shape index (κ2) is 18.9. The Morgan fingerprint density at radius 1 is 0.710 bits per heavy atom. The molecule has 0 aromatic carbocycles. The normalized spacial score (nSPS) is 14.0. The average Bonchev–Trinajstić information content (AvgIpc) is 2.66. The lowest BCUT2D eigenvalue weighted by molar-refractivity contribution is -0.896. The van der Waals surface area contributed by atoms with Crippen molar-refractivity contribution in [1.82, 2.24) is 0 Å². The van der Waals surface area contributed by atoms with Gasteiger partial charge in [-0.15, -0.1) is 0 Å². The predicted molar refractivity (Wildman–Crippen MR) is 133 cm³/mol. The molecular formula is C27H56NO3+. The molecule has 0 aliphatic carbocycles. The first-order chi connectivity index (χ1) is 14.7. The molecule has 186 valence electrons. The minimum absolute atomic E-state index is 0.268. The van der Waals surface area contributed by atoms with Crippen molar-refractivity contribution in [2.75, 3.05) is 27.2 Å². The third kappa shape index (κ3) is 22.4.